The van der Waals surface area contributed by atoms with Crippen molar-refractivity contribution in [3.8, 4) is 0 Å². The molecule has 0 amide bonds. The predicted octanol–water partition coefficient (Wildman–Crippen LogP) is 2.41. The summed E-state index contributed by atoms with van der Waals surface area (Å²) in [6.07, 6.45) is 0. The highest BCUT2D eigenvalue weighted by molar-refractivity contribution is 6.07. The van der Waals surface area contributed by atoms with Crippen molar-refractivity contribution in [2.45, 2.75) is 0 Å². The molecule has 0 spiro atoms. The Morgan fingerprint density at radius 2 is 1.22 bits per heavy atom. The predicted molar refractivity (Wildman–Crippen MR) is 66.6 cm³/mol. The average molecular weight is 244 g/mol. The summed E-state index contributed by atoms with van der Waals surface area (Å²) >= 11 is 0. The normalized spacial score (nSPS) is 10.1. The minimum atomic E-state index is -0.554. The van der Waals surface area contributed by atoms with Crippen LogP contribution < -0.4 is 0 Å². The quantitative estimate of drug-likeness (QED) is 0.761. The van der Waals surface area contributed by atoms with Crippen molar-refractivity contribution in [2.75, 3.05) is 14.2 Å². The van der Waals surface area contributed by atoms with E-state index < -0.39 is 11.9 Å². The van der Waals surface area contributed by atoms with Gasteiger partial charge in [-0.2, -0.15) is 0 Å². The van der Waals surface area contributed by atoms with E-state index in [-0.39, 0.29) is 11.1 Å². The van der Waals surface area contributed by atoms with Crippen molar-refractivity contribution in [3.63, 3.8) is 0 Å². The number of esters is 2. The lowest BCUT2D eigenvalue weighted by Gasteiger charge is -2.08. The number of hydrogen-bond acceptors (Lipinski definition) is 4. The molecule has 18 heavy (non-hydrogen) atoms. The topological polar surface area (TPSA) is 52.6 Å². The number of ether oxygens (including phenoxy) is 2. The van der Waals surface area contributed by atoms with Gasteiger partial charge in [0.2, 0.25) is 0 Å². The van der Waals surface area contributed by atoms with Gasteiger partial charge in [0.05, 0.1) is 25.3 Å². The van der Waals surface area contributed by atoms with Crippen molar-refractivity contribution in [3.05, 3.63) is 47.5 Å². The highest BCUT2D eigenvalue weighted by Gasteiger charge is 2.19. The van der Waals surface area contributed by atoms with E-state index in [9.17, 15) is 9.59 Å². The molecule has 2 aromatic rings. The van der Waals surface area contributed by atoms with E-state index in [2.05, 4.69) is 9.47 Å². The van der Waals surface area contributed by atoms with Crippen LogP contribution in [0.1, 0.15) is 20.7 Å². The van der Waals surface area contributed by atoms with Gasteiger partial charge in [-0.15, -0.1) is 0 Å². The van der Waals surface area contributed by atoms with Crippen molar-refractivity contribution in [1.29, 1.82) is 0 Å². The van der Waals surface area contributed by atoms with Gasteiger partial charge in [-0.1, -0.05) is 24.3 Å². The molecule has 0 saturated heterocycles. The van der Waals surface area contributed by atoms with Crippen LogP contribution in [0.5, 0.6) is 0 Å². The first-order chi connectivity index (χ1) is 8.67. The van der Waals surface area contributed by atoms with Gasteiger partial charge in [-0.25, -0.2) is 9.59 Å². The molecule has 2 rings (SSSR count). The standard InChI is InChI=1S/C14H12O4/c1-17-13(15)11-7-9-5-3-4-6-10(9)8-12(11)14(16)18-2/h3-8H,1-2H3. The summed E-state index contributed by atoms with van der Waals surface area (Å²) in [5.41, 5.74) is 0.422. The molecule has 0 aliphatic heterocycles. The Hall–Kier alpha value is -2.36. The molecule has 92 valence electrons. The minimum Gasteiger partial charge on any atom is -0.465 e. The van der Waals surface area contributed by atoms with Crippen LogP contribution in [-0.4, -0.2) is 26.2 Å². The first kappa shape index (κ1) is 12.1. The maximum Gasteiger partial charge on any atom is 0.338 e. The van der Waals surface area contributed by atoms with Crippen LogP contribution in [-0.2, 0) is 9.47 Å². The van der Waals surface area contributed by atoms with Crippen LogP contribution in [0.4, 0.5) is 0 Å². The third kappa shape index (κ3) is 2.05. The molecule has 2 aromatic carbocycles. The van der Waals surface area contributed by atoms with Gasteiger partial charge in [-0.3, -0.25) is 0 Å². The van der Waals surface area contributed by atoms with Gasteiger partial charge in [0.15, 0.2) is 0 Å². The van der Waals surface area contributed by atoms with E-state index in [1.54, 1.807) is 12.1 Å². The molecule has 0 radical (unpaired) electrons. The number of methoxy groups -OCH3 is 2. The fourth-order valence-corrected chi connectivity index (χ4v) is 1.80. The first-order valence-corrected chi connectivity index (χ1v) is 5.37. The van der Waals surface area contributed by atoms with E-state index >= 15 is 0 Å². The minimum absolute atomic E-state index is 0.211. The largest absolute Gasteiger partial charge is 0.465 e. The van der Waals surface area contributed by atoms with Crippen LogP contribution in [0.25, 0.3) is 10.8 Å². The molecular formula is C14H12O4. The molecule has 0 heterocycles. The fourth-order valence-electron chi connectivity index (χ4n) is 1.80. The first-order valence-electron chi connectivity index (χ1n) is 5.37. The van der Waals surface area contributed by atoms with Crippen LogP contribution in [0.2, 0.25) is 0 Å². The summed E-state index contributed by atoms with van der Waals surface area (Å²) in [7, 11) is 2.55. The summed E-state index contributed by atoms with van der Waals surface area (Å²) in [4.78, 5) is 23.3. The third-order valence-electron chi connectivity index (χ3n) is 2.70. The second-order valence-corrected chi connectivity index (χ2v) is 3.73. The third-order valence-corrected chi connectivity index (χ3v) is 2.70. The molecule has 0 saturated carbocycles. The Labute approximate surface area is 104 Å². The van der Waals surface area contributed by atoms with Crippen molar-refractivity contribution >= 4 is 22.7 Å². The lowest BCUT2D eigenvalue weighted by molar-refractivity contribution is 0.0555. The van der Waals surface area contributed by atoms with Gasteiger partial charge < -0.3 is 9.47 Å². The Kier molecular flexibility index (Phi) is 3.28. The summed E-state index contributed by atoms with van der Waals surface area (Å²) in [5, 5.41) is 1.73. The molecule has 0 aliphatic rings. The van der Waals surface area contributed by atoms with Gasteiger partial charge in [0.1, 0.15) is 0 Å². The van der Waals surface area contributed by atoms with E-state index in [4.69, 9.17) is 0 Å². The molecule has 0 N–H and O–H groups in total. The zero-order chi connectivity index (χ0) is 13.1. The lowest BCUT2D eigenvalue weighted by atomic mass is 10.0. The van der Waals surface area contributed by atoms with Crippen LogP contribution in [0.15, 0.2) is 36.4 Å². The van der Waals surface area contributed by atoms with Gasteiger partial charge in [-0.05, 0) is 22.9 Å². The maximum absolute atomic E-state index is 11.7. The number of benzene rings is 2. The van der Waals surface area contributed by atoms with E-state index in [0.29, 0.717) is 0 Å². The van der Waals surface area contributed by atoms with Crippen LogP contribution in [0.3, 0.4) is 0 Å². The second-order valence-electron chi connectivity index (χ2n) is 3.73. The number of carbonyl (C=O) groups is 2. The summed E-state index contributed by atoms with van der Waals surface area (Å²) in [5.74, 6) is -1.11. The van der Waals surface area contributed by atoms with E-state index in [0.717, 1.165) is 10.8 Å². The zero-order valence-corrected chi connectivity index (χ0v) is 10.1. The Balaban J connectivity index is 2.71. The monoisotopic (exact) mass is 244 g/mol. The molecule has 0 aliphatic carbocycles. The van der Waals surface area contributed by atoms with Gasteiger partial charge in [0, 0.05) is 0 Å². The van der Waals surface area contributed by atoms with Crippen molar-refractivity contribution in [2.24, 2.45) is 0 Å². The molecule has 4 nitrogen and oxygen atoms in total. The Morgan fingerprint density at radius 3 is 1.56 bits per heavy atom. The van der Waals surface area contributed by atoms with Crippen molar-refractivity contribution < 1.29 is 19.1 Å². The van der Waals surface area contributed by atoms with E-state index in [1.807, 2.05) is 24.3 Å². The van der Waals surface area contributed by atoms with Gasteiger partial charge in [0.25, 0.3) is 0 Å². The Morgan fingerprint density at radius 1 is 0.833 bits per heavy atom. The van der Waals surface area contributed by atoms with Crippen LogP contribution in [0, 0.1) is 0 Å². The maximum atomic E-state index is 11.7. The average Bonchev–Trinajstić information content (AvgIpc) is 2.44. The number of hydrogen-bond donors (Lipinski definition) is 0. The second kappa shape index (κ2) is 4.87. The summed E-state index contributed by atoms with van der Waals surface area (Å²) in [6.45, 7) is 0. The van der Waals surface area contributed by atoms with Crippen molar-refractivity contribution in [1.82, 2.24) is 0 Å². The molecule has 0 fully saturated rings. The zero-order valence-electron chi connectivity index (χ0n) is 10.1. The molecule has 4 heteroatoms. The summed E-state index contributed by atoms with van der Waals surface area (Å²) in [6, 6.07) is 10.7. The molecule has 0 aromatic heterocycles. The van der Waals surface area contributed by atoms with Gasteiger partial charge >= 0.3 is 11.9 Å². The highest BCUT2D eigenvalue weighted by atomic mass is 16.5. The summed E-state index contributed by atoms with van der Waals surface area (Å²) < 4.78 is 9.35. The Bertz CT molecular complexity index is 562. The molecule has 0 unspecified atom stereocenters. The molecule has 0 bridgehead atoms. The molecule has 0 atom stereocenters. The van der Waals surface area contributed by atoms with E-state index in [1.165, 1.54) is 14.2 Å². The SMILES string of the molecule is COC(=O)c1cc2ccccc2cc1C(=O)OC. The number of carbonyl (C=O) groups excluding carboxylic acids is 2. The molecular weight excluding hydrogens is 232 g/mol. The fraction of sp³-hybridized carbons (Fsp3) is 0.143. The highest BCUT2D eigenvalue weighted by Crippen LogP contribution is 2.21. The number of rotatable bonds is 2. The van der Waals surface area contributed by atoms with Crippen LogP contribution >= 0.6 is 0 Å². The lowest BCUT2D eigenvalue weighted by Crippen LogP contribution is -2.11. The number of fused-ring (bicyclic) bond motifs is 1. The smallest absolute Gasteiger partial charge is 0.338 e.